The third-order valence-corrected chi connectivity index (χ3v) is 4.43. The number of nitrogens with one attached hydrogen (secondary N) is 1. The molecule has 2 rings (SSSR count). The molecule has 0 aliphatic rings. The number of hydrogen-bond acceptors (Lipinski definition) is 5. The molecule has 0 aliphatic carbocycles. The van der Waals surface area contributed by atoms with Crippen LogP contribution in [-0.2, 0) is 17.6 Å². The Hall–Kier alpha value is -2.89. The molecule has 2 aromatic rings. The maximum absolute atomic E-state index is 12.2. The van der Waals surface area contributed by atoms with Crippen LogP contribution in [0.4, 0.5) is 0 Å². The number of rotatable bonds is 12. The molecular weight excluding hydrogens is 370 g/mol. The minimum atomic E-state index is 0.0253. The summed E-state index contributed by atoms with van der Waals surface area (Å²) in [4.78, 5) is 12.2. The van der Waals surface area contributed by atoms with Gasteiger partial charge in [-0.25, -0.2) is 0 Å². The SMILES string of the molecule is CCOc1ccc(CCC(=O)NCCc2ccc(OC)c(OC)c2)cc1OCC. The molecular formula is C23H31NO5. The van der Waals surface area contributed by atoms with Gasteiger partial charge in [0.2, 0.25) is 5.91 Å². The summed E-state index contributed by atoms with van der Waals surface area (Å²) >= 11 is 0. The number of carbonyl (C=O) groups is 1. The zero-order valence-electron chi connectivity index (χ0n) is 17.7. The first-order chi connectivity index (χ1) is 14.1. The van der Waals surface area contributed by atoms with Crippen molar-refractivity contribution in [2.75, 3.05) is 34.0 Å². The summed E-state index contributed by atoms with van der Waals surface area (Å²) in [7, 11) is 3.22. The molecule has 29 heavy (non-hydrogen) atoms. The monoisotopic (exact) mass is 401 g/mol. The van der Waals surface area contributed by atoms with Gasteiger partial charge in [-0.2, -0.15) is 0 Å². The van der Waals surface area contributed by atoms with Crippen molar-refractivity contribution >= 4 is 5.91 Å². The van der Waals surface area contributed by atoms with Crippen LogP contribution < -0.4 is 24.3 Å². The van der Waals surface area contributed by atoms with E-state index in [2.05, 4.69) is 5.32 Å². The van der Waals surface area contributed by atoms with Crippen molar-refractivity contribution in [3.63, 3.8) is 0 Å². The fourth-order valence-corrected chi connectivity index (χ4v) is 2.98. The summed E-state index contributed by atoms with van der Waals surface area (Å²) in [5.41, 5.74) is 2.13. The predicted molar refractivity (Wildman–Crippen MR) is 113 cm³/mol. The molecule has 0 atom stereocenters. The fraction of sp³-hybridized carbons (Fsp3) is 0.435. The van der Waals surface area contributed by atoms with Gasteiger partial charge in [0.1, 0.15) is 0 Å². The van der Waals surface area contributed by atoms with Gasteiger partial charge in [0.05, 0.1) is 27.4 Å². The minimum Gasteiger partial charge on any atom is -0.493 e. The number of amides is 1. The molecule has 0 unspecified atom stereocenters. The standard InChI is InChI=1S/C23H31NO5/c1-5-28-20-11-8-17(16-22(20)29-6-2)9-12-23(25)24-14-13-18-7-10-19(26-3)21(15-18)27-4/h7-8,10-11,15-16H,5-6,9,12-14H2,1-4H3,(H,24,25). The number of ether oxygens (including phenoxy) is 4. The van der Waals surface area contributed by atoms with Crippen LogP contribution >= 0.6 is 0 Å². The van der Waals surface area contributed by atoms with Crippen LogP contribution in [0.2, 0.25) is 0 Å². The van der Waals surface area contributed by atoms with Crippen molar-refractivity contribution in [1.29, 1.82) is 0 Å². The van der Waals surface area contributed by atoms with Gasteiger partial charge >= 0.3 is 0 Å². The average Bonchev–Trinajstić information content (AvgIpc) is 2.74. The van der Waals surface area contributed by atoms with Crippen molar-refractivity contribution in [3.8, 4) is 23.0 Å². The molecule has 2 aromatic carbocycles. The van der Waals surface area contributed by atoms with Gasteiger partial charge in [-0.1, -0.05) is 12.1 Å². The van der Waals surface area contributed by atoms with E-state index in [0.29, 0.717) is 44.1 Å². The van der Waals surface area contributed by atoms with Gasteiger partial charge in [-0.3, -0.25) is 4.79 Å². The molecule has 6 nitrogen and oxygen atoms in total. The zero-order chi connectivity index (χ0) is 21.1. The van der Waals surface area contributed by atoms with E-state index in [0.717, 1.165) is 29.0 Å². The Labute approximate surface area is 173 Å². The molecule has 0 saturated carbocycles. The predicted octanol–water partition coefficient (Wildman–Crippen LogP) is 3.79. The first-order valence-electron chi connectivity index (χ1n) is 9.97. The van der Waals surface area contributed by atoms with Crippen molar-refractivity contribution in [2.24, 2.45) is 0 Å². The highest BCUT2D eigenvalue weighted by Crippen LogP contribution is 2.29. The lowest BCUT2D eigenvalue weighted by molar-refractivity contribution is -0.121. The summed E-state index contributed by atoms with van der Waals surface area (Å²) in [5.74, 6) is 2.87. The van der Waals surface area contributed by atoms with Crippen LogP contribution in [0, 0.1) is 0 Å². The van der Waals surface area contributed by atoms with E-state index < -0.39 is 0 Å². The third-order valence-electron chi connectivity index (χ3n) is 4.43. The van der Waals surface area contributed by atoms with Gasteiger partial charge < -0.3 is 24.3 Å². The van der Waals surface area contributed by atoms with Crippen molar-refractivity contribution in [3.05, 3.63) is 47.5 Å². The van der Waals surface area contributed by atoms with Crippen molar-refractivity contribution in [2.45, 2.75) is 33.1 Å². The second-order valence-electron chi connectivity index (χ2n) is 6.44. The van der Waals surface area contributed by atoms with Crippen molar-refractivity contribution < 1.29 is 23.7 Å². The molecule has 0 aromatic heterocycles. The van der Waals surface area contributed by atoms with E-state index in [1.165, 1.54) is 0 Å². The van der Waals surface area contributed by atoms with E-state index in [4.69, 9.17) is 18.9 Å². The quantitative estimate of drug-likeness (QED) is 0.586. The Morgan fingerprint density at radius 3 is 2.03 bits per heavy atom. The van der Waals surface area contributed by atoms with Gasteiger partial charge in [0.15, 0.2) is 23.0 Å². The summed E-state index contributed by atoms with van der Waals surface area (Å²) < 4.78 is 21.8. The molecule has 158 valence electrons. The highest BCUT2D eigenvalue weighted by atomic mass is 16.5. The summed E-state index contributed by atoms with van der Waals surface area (Å²) in [5, 5.41) is 2.97. The molecule has 1 N–H and O–H groups in total. The number of methoxy groups -OCH3 is 2. The molecule has 1 amide bonds. The minimum absolute atomic E-state index is 0.0253. The van der Waals surface area contributed by atoms with Gasteiger partial charge in [-0.05, 0) is 62.1 Å². The van der Waals surface area contributed by atoms with Crippen LogP contribution in [-0.4, -0.2) is 39.9 Å². The van der Waals surface area contributed by atoms with Crippen molar-refractivity contribution in [1.82, 2.24) is 5.32 Å². The molecule has 0 radical (unpaired) electrons. The van der Waals surface area contributed by atoms with E-state index in [9.17, 15) is 4.79 Å². The smallest absolute Gasteiger partial charge is 0.220 e. The number of carbonyl (C=O) groups excluding carboxylic acids is 1. The lowest BCUT2D eigenvalue weighted by atomic mass is 10.1. The second kappa shape index (κ2) is 11.8. The van der Waals surface area contributed by atoms with Crippen LogP contribution in [0.5, 0.6) is 23.0 Å². The Morgan fingerprint density at radius 1 is 0.793 bits per heavy atom. The van der Waals surface area contributed by atoms with Crippen LogP contribution in [0.15, 0.2) is 36.4 Å². The van der Waals surface area contributed by atoms with E-state index in [1.54, 1.807) is 14.2 Å². The number of benzene rings is 2. The molecule has 0 bridgehead atoms. The number of aryl methyl sites for hydroxylation is 1. The topological polar surface area (TPSA) is 66.0 Å². The lowest BCUT2D eigenvalue weighted by Crippen LogP contribution is -2.25. The maximum atomic E-state index is 12.2. The zero-order valence-corrected chi connectivity index (χ0v) is 17.7. The van der Waals surface area contributed by atoms with Crippen LogP contribution in [0.3, 0.4) is 0 Å². The Bertz CT molecular complexity index is 791. The van der Waals surface area contributed by atoms with Gasteiger partial charge in [0, 0.05) is 13.0 Å². The first kappa shape index (κ1) is 22.4. The molecule has 0 saturated heterocycles. The average molecular weight is 402 g/mol. The molecule has 0 heterocycles. The third kappa shape index (κ3) is 6.89. The van der Waals surface area contributed by atoms with Gasteiger partial charge in [-0.15, -0.1) is 0 Å². The molecule has 0 fully saturated rings. The molecule has 6 heteroatoms. The second-order valence-corrected chi connectivity index (χ2v) is 6.44. The summed E-state index contributed by atoms with van der Waals surface area (Å²) in [6.45, 7) is 5.61. The fourth-order valence-electron chi connectivity index (χ4n) is 2.98. The Balaban J connectivity index is 1.82. The normalized spacial score (nSPS) is 10.3. The molecule has 0 spiro atoms. The van der Waals surface area contributed by atoms with Gasteiger partial charge in [0.25, 0.3) is 0 Å². The van der Waals surface area contributed by atoms with Crippen LogP contribution in [0.25, 0.3) is 0 Å². The highest BCUT2D eigenvalue weighted by molar-refractivity contribution is 5.76. The highest BCUT2D eigenvalue weighted by Gasteiger charge is 2.09. The largest absolute Gasteiger partial charge is 0.493 e. The lowest BCUT2D eigenvalue weighted by Gasteiger charge is -2.12. The summed E-state index contributed by atoms with van der Waals surface area (Å²) in [6, 6.07) is 11.6. The summed E-state index contributed by atoms with van der Waals surface area (Å²) in [6.07, 6.45) is 1.80. The van der Waals surface area contributed by atoms with E-state index in [-0.39, 0.29) is 5.91 Å². The van der Waals surface area contributed by atoms with Crippen LogP contribution in [0.1, 0.15) is 31.4 Å². The molecule has 0 aliphatic heterocycles. The Kier molecular flexibility index (Phi) is 9.15. The maximum Gasteiger partial charge on any atom is 0.220 e. The van der Waals surface area contributed by atoms with E-state index >= 15 is 0 Å². The first-order valence-corrected chi connectivity index (χ1v) is 9.97. The Morgan fingerprint density at radius 2 is 1.38 bits per heavy atom. The van der Waals surface area contributed by atoms with E-state index in [1.807, 2.05) is 50.2 Å². The number of hydrogen-bond donors (Lipinski definition) is 1.